The fraction of sp³-hybridized carbons (Fsp3) is 0. The molecule has 0 atom stereocenters. The molecule has 1 aliphatic rings. The second kappa shape index (κ2) is 5.81. The molecule has 106 valence electrons. The van der Waals surface area contributed by atoms with Gasteiger partial charge in [-0.3, -0.25) is 4.79 Å². The van der Waals surface area contributed by atoms with Gasteiger partial charge in [-0.2, -0.15) is 0 Å². The van der Waals surface area contributed by atoms with Gasteiger partial charge in [-0.25, -0.2) is 4.98 Å². The average molecular weight is 310 g/mol. The molecule has 5 heteroatoms. The fourth-order valence-corrected chi connectivity index (χ4v) is 2.81. The van der Waals surface area contributed by atoms with Crippen LogP contribution in [-0.2, 0) is 0 Å². The average Bonchev–Trinajstić information content (AvgIpc) is 2.79. The van der Waals surface area contributed by atoms with Crippen LogP contribution in [0.3, 0.4) is 0 Å². The van der Waals surface area contributed by atoms with E-state index in [1.54, 1.807) is 30.3 Å². The van der Waals surface area contributed by atoms with Gasteiger partial charge in [0.2, 0.25) is 0 Å². The summed E-state index contributed by atoms with van der Waals surface area (Å²) in [5.74, 6) is -0.578. The molecule has 2 N–H and O–H groups in total. The number of allylic oxidation sites excluding steroid dienone is 1. The van der Waals surface area contributed by atoms with Gasteiger partial charge in [0.25, 0.3) is 0 Å². The summed E-state index contributed by atoms with van der Waals surface area (Å²) in [6, 6.07) is 15.8. The molecule has 0 fully saturated rings. The summed E-state index contributed by atoms with van der Waals surface area (Å²) in [6.07, 6.45) is 0. The van der Waals surface area contributed by atoms with Gasteiger partial charge in [-0.1, -0.05) is 48.2 Å². The topological polar surface area (TPSA) is 79.0 Å². The number of nitrogens with two attached hydrogens (primary N) is 1. The Morgan fingerprint density at radius 1 is 0.957 bits per heavy atom. The predicted octanol–water partition coefficient (Wildman–Crippen LogP) is -0.754. The standard InChI is InChI=1S/C18H12N2O2.Na/c19-13-9-15(20-14-8-4-3-7-12(13)14)16-17(21)10-5-1-2-6-11(10)18(16)22;/h1-9,21H,(H2,19,20);/q;+1/p-1. The van der Waals surface area contributed by atoms with E-state index in [0.717, 1.165) is 5.39 Å². The number of hydrogen-bond donors (Lipinski definition) is 1. The van der Waals surface area contributed by atoms with Crippen molar-refractivity contribution in [3.63, 3.8) is 0 Å². The van der Waals surface area contributed by atoms with Crippen molar-refractivity contribution >= 4 is 33.7 Å². The number of rotatable bonds is 1. The first-order valence-electron chi connectivity index (χ1n) is 6.88. The van der Waals surface area contributed by atoms with Crippen molar-refractivity contribution in [1.29, 1.82) is 0 Å². The summed E-state index contributed by atoms with van der Waals surface area (Å²) < 4.78 is 0. The number of pyridine rings is 1. The van der Waals surface area contributed by atoms with Gasteiger partial charge >= 0.3 is 29.6 Å². The van der Waals surface area contributed by atoms with Gasteiger partial charge in [0.15, 0.2) is 5.78 Å². The Labute approximate surface area is 154 Å². The van der Waals surface area contributed by atoms with E-state index in [2.05, 4.69) is 4.98 Å². The molecule has 1 heterocycles. The summed E-state index contributed by atoms with van der Waals surface area (Å²) in [6.45, 7) is 0. The minimum atomic E-state index is -0.289. The molecule has 1 aromatic heterocycles. The summed E-state index contributed by atoms with van der Waals surface area (Å²) in [5, 5.41) is 13.3. The van der Waals surface area contributed by atoms with E-state index in [1.165, 1.54) is 0 Å². The molecule has 0 saturated heterocycles. The minimum absolute atomic E-state index is 0. The number of fused-ring (bicyclic) bond motifs is 2. The van der Waals surface area contributed by atoms with E-state index in [1.807, 2.05) is 24.3 Å². The SMILES string of the molecule is Nc1cc(C2=C([O-])c3ccccc3C2=O)nc2ccccc12.[Na+]. The second-order valence-corrected chi connectivity index (χ2v) is 5.19. The van der Waals surface area contributed by atoms with Crippen molar-refractivity contribution in [2.45, 2.75) is 0 Å². The van der Waals surface area contributed by atoms with Crippen LogP contribution in [0.25, 0.3) is 22.2 Å². The van der Waals surface area contributed by atoms with Crippen molar-refractivity contribution in [2.24, 2.45) is 0 Å². The van der Waals surface area contributed by atoms with E-state index in [0.29, 0.717) is 28.0 Å². The second-order valence-electron chi connectivity index (χ2n) is 5.19. The zero-order valence-corrected chi connectivity index (χ0v) is 14.5. The van der Waals surface area contributed by atoms with Crippen LogP contribution in [0, 0.1) is 0 Å². The van der Waals surface area contributed by atoms with Crippen LogP contribution in [0.15, 0.2) is 54.6 Å². The zero-order chi connectivity index (χ0) is 15.3. The fourth-order valence-electron chi connectivity index (χ4n) is 2.81. The minimum Gasteiger partial charge on any atom is -0.871 e. The van der Waals surface area contributed by atoms with E-state index in [4.69, 9.17) is 5.73 Å². The number of para-hydroxylation sites is 1. The molecule has 4 nitrogen and oxygen atoms in total. The number of ketones is 1. The monoisotopic (exact) mass is 310 g/mol. The first-order valence-corrected chi connectivity index (χ1v) is 6.88. The maximum Gasteiger partial charge on any atom is 1.00 e. The number of Topliss-reactive ketones (excluding diaryl/α,β-unsaturated/α-hetero) is 1. The van der Waals surface area contributed by atoms with Crippen LogP contribution in [0.2, 0.25) is 0 Å². The maximum atomic E-state index is 12.5. The van der Waals surface area contributed by atoms with Crippen LogP contribution >= 0.6 is 0 Å². The van der Waals surface area contributed by atoms with Gasteiger partial charge in [0.1, 0.15) is 0 Å². The molecule has 3 aromatic rings. The van der Waals surface area contributed by atoms with Gasteiger partial charge in [-0.15, -0.1) is 0 Å². The first-order chi connectivity index (χ1) is 10.7. The van der Waals surface area contributed by atoms with E-state index in [-0.39, 0.29) is 46.7 Å². The van der Waals surface area contributed by atoms with Crippen LogP contribution in [0.4, 0.5) is 5.69 Å². The van der Waals surface area contributed by atoms with Crippen LogP contribution in [-0.4, -0.2) is 10.8 Å². The Hall–Kier alpha value is -2.14. The number of anilines is 1. The van der Waals surface area contributed by atoms with E-state index < -0.39 is 0 Å². The Morgan fingerprint density at radius 2 is 1.61 bits per heavy atom. The molecule has 0 aliphatic heterocycles. The van der Waals surface area contributed by atoms with Crippen molar-refractivity contribution in [2.75, 3.05) is 5.73 Å². The number of benzene rings is 2. The van der Waals surface area contributed by atoms with Gasteiger partial charge in [0.05, 0.1) is 11.2 Å². The number of nitrogen functional groups attached to an aromatic ring is 1. The Morgan fingerprint density at radius 3 is 2.35 bits per heavy atom. The van der Waals surface area contributed by atoms with Crippen LogP contribution in [0.1, 0.15) is 21.6 Å². The van der Waals surface area contributed by atoms with Crippen molar-refractivity contribution in [3.8, 4) is 0 Å². The summed E-state index contributed by atoms with van der Waals surface area (Å²) in [7, 11) is 0. The molecule has 0 radical (unpaired) electrons. The zero-order valence-electron chi connectivity index (χ0n) is 12.5. The van der Waals surface area contributed by atoms with Crippen LogP contribution in [0.5, 0.6) is 0 Å². The Balaban J connectivity index is 0.00000156. The normalized spacial score (nSPS) is 13.1. The molecule has 0 bridgehead atoms. The molecule has 4 rings (SSSR count). The number of carbonyl (C=O) groups excluding carboxylic acids is 1. The molecule has 0 amide bonds. The number of nitrogens with zero attached hydrogens (tertiary/aromatic N) is 1. The van der Waals surface area contributed by atoms with Gasteiger partial charge in [-0.05, 0) is 17.7 Å². The summed E-state index contributed by atoms with van der Waals surface area (Å²) in [5.41, 5.74) is 8.50. The number of hydrogen-bond acceptors (Lipinski definition) is 4. The molecule has 0 saturated carbocycles. The quantitative estimate of drug-likeness (QED) is 0.600. The molecule has 0 spiro atoms. The number of carbonyl (C=O) groups is 1. The third-order valence-corrected chi connectivity index (χ3v) is 3.87. The molecule has 1 aliphatic carbocycles. The third kappa shape index (κ3) is 2.36. The summed E-state index contributed by atoms with van der Waals surface area (Å²) >= 11 is 0. The van der Waals surface area contributed by atoms with Crippen LogP contribution < -0.4 is 40.4 Å². The first kappa shape index (κ1) is 15.7. The smallest absolute Gasteiger partial charge is 0.871 e. The Kier molecular flexibility index (Phi) is 3.98. The maximum absolute atomic E-state index is 12.5. The van der Waals surface area contributed by atoms with Gasteiger partial charge in [0, 0.05) is 22.2 Å². The predicted molar refractivity (Wildman–Crippen MR) is 83.7 cm³/mol. The largest absolute Gasteiger partial charge is 1.00 e. The Bertz CT molecular complexity index is 980. The summed E-state index contributed by atoms with van der Waals surface area (Å²) in [4.78, 5) is 17.0. The molecule has 23 heavy (non-hydrogen) atoms. The van der Waals surface area contributed by atoms with Crippen molar-refractivity contribution < 1.29 is 39.5 Å². The van der Waals surface area contributed by atoms with Crippen molar-refractivity contribution in [1.82, 2.24) is 4.98 Å². The molecular weight excluding hydrogens is 299 g/mol. The molecule has 0 unspecified atom stereocenters. The molecule has 2 aromatic carbocycles. The molecular formula is C18H11N2NaO2. The third-order valence-electron chi connectivity index (χ3n) is 3.87. The van der Waals surface area contributed by atoms with E-state index in [9.17, 15) is 9.90 Å². The van der Waals surface area contributed by atoms with Gasteiger partial charge < -0.3 is 10.8 Å². The number of aromatic nitrogens is 1. The van der Waals surface area contributed by atoms with E-state index >= 15 is 0 Å². The van der Waals surface area contributed by atoms with Crippen molar-refractivity contribution in [3.05, 3.63) is 71.4 Å².